The SMILES string of the molecule is CCOC(=O)C[C@](C)(C(=O)O[C@H](CC)C(C)(C)O)C(=O)[C@H](C)[C@@H](O[C@@H]1O[C@H](C)C[C@H](N(C)C)[C@H]1O)[C@](C)(O)C[C@@H](C)CN(C)[C@H](C)CO. The zero-order chi connectivity index (χ0) is 37.4. The molecule has 1 rings (SSSR count). The van der Waals surface area contributed by atoms with E-state index in [1.807, 2.05) is 51.7 Å². The maximum absolute atomic E-state index is 14.6. The summed E-state index contributed by atoms with van der Waals surface area (Å²) in [6.45, 7) is 16.8. The molecule has 11 atom stereocenters. The number of aliphatic hydroxyl groups excluding tert-OH is 2. The van der Waals surface area contributed by atoms with Crippen LogP contribution in [0.4, 0.5) is 0 Å². The van der Waals surface area contributed by atoms with Crippen molar-refractivity contribution < 1.29 is 53.8 Å². The highest BCUT2D eigenvalue weighted by atomic mass is 16.7. The van der Waals surface area contributed by atoms with E-state index in [9.17, 15) is 34.8 Å². The van der Waals surface area contributed by atoms with Gasteiger partial charge < -0.3 is 49.2 Å². The highest BCUT2D eigenvalue weighted by Crippen LogP contribution is 2.38. The van der Waals surface area contributed by atoms with Crippen LogP contribution in [0.5, 0.6) is 0 Å². The standard InChI is InChI=1S/C35H66N2O11/c1-14-26(33(7,8)43)47-32(42)34(9,18-27(39)45-15-2)29(41)24(6)30(35(10,44)17-21(3)19-37(13)22(4)20-38)48-31-28(40)25(36(11)12)16-23(5)46-31/h21-26,28,30-31,38,40,43-44H,14-20H2,1-13H3/t21-,22-,23-,24+,25+,26-,28-,30-,31+,34+,35-/m1/s1. The molecule has 13 heteroatoms. The van der Waals surface area contributed by atoms with Gasteiger partial charge in [0.1, 0.15) is 17.6 Å². The van der Waals surface area contributed by atoms with Crippen LogP contribution in [0.2, 0.25) is 0 Å². The summed E-state index contributed by atoms with van der Waals surface area (Å²) in [6.07, 6.45) is -4.66. The highest BCUT2D eigenvalue weighted by molar-refractivity contribution is 6.07. The Hall–Kier alpha value is -1.71. The Balaban J connectivity index is 3.68. The third-order valence-electron chi connectivity index (χ3n) is 9.62. The van der Waals surface area contributed by atoms with Crippen LogP contribution in [0.15, 0.2) is 0 Å². The van der Waals surface area contributed by atoms with Gasteiger partial charge in [-0.15, -0.1) is 0 Å². The summed E-state index contributed by atoms with van der Waals surface area (Å²) >= 11 is 0. The Morgan fingerprint density at radius 1 is 1.02 bits per heavy atom. The number of nitrogens with zero attached hydrogens (tertiary/aromatic N) is 2. The number of aliphatic hydroxyl groups is 4. The smallest absolute Gasteiger partial charge is 0.320 e. The molecule has 13 nitrogen and oxygen atoms in total. The minimum absolute atomic E-state index is 0.0266. The van der Waals surface area contributed by atoms with Crippen LogP contribution in [0.3, 0.4) is 0 Å². The number of ether oxygens (including phenoxy) is 4. The van der Waals surface area contributed by atoms with E-state index in [0.29, 0.717) is 13.0 Å². The van der Waals surface area contributed by atoms with Gasteiger partial charge in [-0.25, -0.2) is 0 Å². The third-order valence-corrected chi connectivity index (χ3v) is 9.62. The minimum Gasteiger partial charge on any atom is -0.466 e. The number of carbonyl (C=O) groups is 3. The molecule has 48 heavy (non-hydrogen) atoms. The summed E-state index contributed by atoms with van der Waals surface area (Å²) in [5, 5.41) is 43.7. The largest absolute Gasteiger partial charge is 0.466 e. The molecule has 0 amide bonds. The molecule has 4 N–H and O–H groups in total. The quantitative estimate of drug-likeness (QED) is 0.108. The molecule has 0 spiro atoms. The second-order valence-corrected chi connectivity index (χ2v) is 15.2. The molecular weight excluding hydrogens is 624 g/mol. The van der Waals surface area contributed by atoms with E-state index in [1.165, 1.54) is 34.6 Å². The molecular formula is C35H66N2O11. The molecule has 0 radical (unpaired) electrons. The van der Waals surface area contributed by atoms with E-state index in [4.69, 9.17) is 18.9 Å². The van der Waals surface area contributed by atoms with Crippen molar-refractivity contribution in [2.45, 2.75) is 149 Å². The predicted octanol–water partition coefficient (Wildman–Crippen LogP) is 2.14. The van der Waals surface area contributed by atoms with Crippen molar-refractivity contribution in [1.82, 2.24) is 9.80 Å². The van der Waals surface area contributed by atoms with Crippen LogP contribution in [0.1, 0.15) is 94.9 Å². The summed E-state index contributed by atoms with van der Waals surface area (Å²) in [6, 6.07) is -0.453. The first-order valence-corrected chi connectivity index (χ1v) is 17.3. The van der Waals surface area contributed by atoms with Gasteiger partial charge in [-0.1, -0.05) is 20.8 Å². The first-order chi connectivity index (χ1) is 22.0. The number of esters is 2. The van der Waals surface area contributed by atoms with Gasteiger partial charge in [-0.3, -0.25) is 14.4 Å². The van der Waals surface area contributed by atoms with Crippen molar-refractivity contribution in [3.05, 3.63) is 0 Å². The van der Waals surface area contributed by atoms with Crippen LogP contribution >= 0.6 is 0 Å². The fourth-order valence-electron chi connectivity index (χ4n) is 6.69. The van der Waals surface area contributed by atoms with Gasteiger partial charge in [-0.2, -0.15) is 0 Å². The molecule has 0 aliphatic carbocycles. The molecule has 0 unspecified atom stereocenters. The van der Waals surface area contributed by atoms with E-state index in [1.54, 1.807) is 13.8 Å². The van der Waals surface area contributed by atoms with E-state index in [-0.39, 0.29) is 50.2 Å². The fraction of sp³-hybridized carbons (Fsp3) is 0.914. The van der Waals surface area contributed by atoms with Crippen molar-refractivity contribution in [3.63, 3.8) is 0 Å². The van der Waals surface area contributed by atoms with Crippen LogP contribution in [-0.4, -0.2) is 143 Å². The Bertz CT molecular complexity index is 1030. The maximum Gasteiger partial charge on any atom is 0.320 e. The minimum atomic E-state index is -2.07. The predicted molar refractivity (Wildman–Crippen MR) is 181 cm³/mol. The molecule has 1 aliphatic rings. The lowest BCUT2D eigenvalue weighted by atomic mass is 9.72. The number of likely N-dealkylation sites (N-methyl/N-ethyl adjacent to an activating group) is 2. The van der Waals surface area contributed by atoms with Gasteiger partial charge >= 0.3 is 11.9 Å². The number of hydrogen-bond donors (Lipinski definition) is 4. The average Bonchev–Trinajstić information content (AvgIpc) is 2.97. The molecule has 1 saturated heterocycles. The molecule has 282 valence electrons. The fourth-order valence-corrected chi connectivity index (χ4v) is 6.69. The van der Waals surface area contributed by atoms with Crippen molar-refractivity contribution in [2.75, 3.05) is 40.9 Å². The summed E-state index contributed by atoms with van der Waals surface area (Å²) in [7, 11) is 5.53. The zero-order valence-corrected chi connectivity index (χ0v) is 31.7. The van der Waals surface area contributed by atoms with Gasteiger partial charge in [0.05, 0.1) is 43.0 Å². The zero-order valence-electron chi connectivity index (χ0n) is 31.7. The van der Waals surface area contributed by atoms with Gasteiger partial charge in [0.2, 0.25) is 0 Å². The molecule has 0 aromatic heterocycles. The lowest BCUT2D eigenvalue weighted by Gasteiger charge is -2.46. The van der Waals surface area contributed by atoms with E-state index >= 15 is 0 Å². The van der Waals surface area contributed by atoms with Crippen molar-refractivity contribution >= 4 is 17.7 Å². The Labute approximate surface area is 288 Å². The molecule has 1 heterocycles. The highest BCUT2D eigenvalue weighted by Gasteiger charge is 2.53. The van der Waals surface area contributed by atoms with E-state index < -0.39 is 71.3 Å². The molecule has 0 aromatic carbocycles. The van der Waals surface area contributed by atoms with Gasteiger partial charge in [0.15, 0.2) is 12.1 Å². The number of rotatable bonds is 20. The Morgan fingerprint density at radius 3 is 2.08 bits per heavy atom. The molecule has 0 aromatic rings. The molecule has 0 saturated carbocycles. The van der Waals surface area contributed by atoms with Gasteiger partial charge in [0, 0.05) is 24.5 Å². The Morgan fingerprint density at radius 2 is 1.60 bits per heavy atom. The summed E-state index contributed by atoms with van der Waals surface area (Å²) in [5.41, 5.74) is -5.21. The van der Waals surface area contributed by atoms with Crippen molar-refractivity contribution in [2.24, 2.45) is 17.3 Å². The monoisotopic (exact) mass is 690 g/mol. The van der Waals surface area contributed by atoms with Gasteiger partial charge in [-0.05, 0) is 94.8 Å². The van der Waals surface area contributed by atoms with Crippen LogP contribution in [0, 0.1) is 17.3 Å². The average molecular weight is 691 g/mol. The number of carbonyl (C=O) groups excluding carboxylic acids is 3. The normalized spacial score (nSPS) is 26.1. The van der Waals surface area contributed by atoms with E-state index in [0.717, 1.165) is 0 Å². The molecule has 0 bridgehead atoms. The third kappa shape index (κ3) is 12.0. The van der Waals surface area contributed by atoms with Crippen LogP contribution in [0.25, 0.3) is 0 Å². The van der Waals surface area contributed by atoms with Gasteiger partial charge in [0.25, 0.3) is 0 Å². The first kappa shape index (κ1) is 44.3. The van der Waals surface area contributed by atoms with Crippen LogP contribution in [-0.2, 0) is 33.3 Å². The number of hydrogen-bond acceptors (Lipinski definition) is 13. The topological polar surface area (TPSA) is 176 Å². The molecule has 1 fully saturated rings. The van der Waals surface area contributed by atoms with E-state index in [2.05, 4.69) is 0 Å². The lowest BCUT2D eigenvalue weighted by molar-refractivity contribution is -0.293. The number of Topliss-reactive ketones (excluding diaryl/α,β-unsaturated/α-hetero) is 1. The van der Waals surface area contributed by atoms with Crippen molar-refractivity contribution in [1.29, 1.82) is 0 Å². The molecule has 1 aliphatic heterocycles. The van der Waals surface area contributed by atoms with Crippen LogP contribution < -0.4 is 0 Å². The Kier molecular flexibility index (Phi) is 17.1. The second kappa shape index (κ2) is 18.5. The lowest BCUT2D eigenvalue weighted by Crippen LogP contribution is -2.59. The second-order valence-electron chi connectivity index (χ2n) is 15.2. The summed E-state index contributed by atoms with van der Waals surface area (Å²) in [5.74, 6) is -3.91. The number of ketones is 1. The summed E-state index contributed by atoms with van der Waals surface area (Å²) < 4.78 is 23.3. The van der Waals surface area contributed by atoms with Crippen molar-refractivity contribution in [3.8, 4) is 0 Å². The summed E-state index contributed by atoms with van der Waals surface area (Å²) in [4.78, 5) is 45.1. The maximum atomic E-state index is 14.6. The first-order valence-electron chi connectivity index (χ1n) is 17.3.